The quantitative estimate of drug-likeness (QED) is 0.799. The molecule has 1 aromatic rings. The van der Waals surface area contributed by atoms with E-state index in [1.807, 2.05) is 18.2 Å². The highest BCUT2D eigenvalue weighted by Gasteiger charge is 2.25. The first-order valence-electron chi connectivity index (χ1n) is 4.48. The molecule has 0 radical (unpaired) electrons. The number of carbonyl (C=O) groups excluding carboxylic acids is 1. The maximum absolute atomic E-state index is 11.5. The molecule has 1 heterocycles. The summed E-state index contributed by atoms with van der Waals surface area (Å²) in [5.74, 6) is 0.0342. The Morgan fingerprint density at radius 3 is 3.07 bits per heavy atom. The molecule has 1 amide bonds. The van der Waals surface area contributed by atoms with E-state index in [2.05, 4.69) is 26.6 Å². The van der Waals surface area contributed by atoms with Crippen molar-refractivity contribution in [3.8, 4) is 0 Å². The number of carbonyl (C=O) groups is 1. The van der Waals surface area contributed by atoms with Gasteiger partial charge in [-0.25, -0.2) is 0 Å². The molecule has 0 aromatic heterocycles. The van der Waals surface area contributed by atoms with Gasteiger partial charge >= 0.3 is 0 Å². The van der Waals surface area contributed by atoms with Gasteiger partial charge in [-0.3, -0.25) is 4.79 Å². The lowest BCUT2D eigenvalue weighted by Gasteiger charge is -2.24. The number of anilines is 1. The number of rotatable bonds is 1. The van der Waals surface area contributed by atoms with E-state index in [0.29, 0.717) is 0 Å². The second-order valence-electron chi connectivity index (χ2n) is 3.31. The maximum Gasteiger partial charge on any atom is 0.241 e. The molecule has 2 rings (SSSR count). The molecular formula is C10H11BrN2O. The highest BCUT2D eigenvalue weighted by Crippen LogP contribution is 2.30. The number of fused-ring (bicyclic) bond motifs is 1. The zero-order valence-corrected chi connectivity index (χ0v) is 9.39. The first-order valence-corrected chi connectivity index (χ1v) is 5.27. The molecule has 1 unspecified atom stereocenters. The van der Waals surface area contributed by atoms with Gasteiger partial charge in [-0.1, -0.05) is 12.1 Å². The number of benzene rings is 1. The summed E-state index contributed by atoms with van der Waals surface area (Å²) in [7, 11) is 1.80. The molecule has 1 aliphatic heterocycles. The largest absolute Gasteiger partial charge is 0.323 e. The van der Waals surface area contributed by atoms with E-state index in [-0.39, 0.29) is 11.9 Å². The number of nitrogens with one attached hydrogen (secondary N) is 2. The number of hydrogen-bond acceptors (Lipinski definition) is 2. The molecule has 1 aliphatic rings. The van der Waals surface area contributed by atoms with Gasteiger partial charge in [0.25, 0.3) is 0 Å². The van der Waals surface area contributed by atoms with Gasteiger partial charge in [0, 0.05) is 4.47 Å². The van der Waals surface area contributed by atoms with Gasteiger partial charge in [-0.2, -0.15) is 0 Å². The van der Waals surface area contributed by atoms with Crippen LogP contribution in [-0.2, 0) is 11.2 Å². The Bertz CT molecular complexity index is 378. The van der Waals surface area contributed by atoms with Crippen molar-refractivity contribution >= 4 is 27.5 Å². The number of hydrogen-bond donors (Lipinski definition) is 2. The van der Waals surface area contributed by atoms with Gasteiger partial charge in [-0.05, 0) is 41.0 Å². The van der Waals surface area contributed by atoms with Crippen LogP contribution in [0.25, 0.3) is 0 Å². The van der Waals surface area contributed by atoms with E-state index < -0.39 is 0 Å². The second kappa shape index (κ2) is 3.71. The Kier molecular flexibility index (Phi) is 2.56. The molecule has 1 atom stereocenters. The Morgan fingerprint density at radius 1 is 1.57 bits per heavy atom. The molecule has 0 spiro atoms. The van der Waals surface area contributed by atoms with Gasteiger partial charge in [0.15, 0.2) is 0 Å². The molecule has 0 aliphatic carbocycles. The highest BCUT2D eigenvalue weighted by atomic mass is 79.9. The van der Waals surface area contributed by atoms with Crippen LogP contribution in [0, 0.1) is 0 Å². The summed E-state index contributed by atoms with van der Waals surface area (Å²) in [4.78, 5) is 11.5. The fourth-order valence-electron chi connectivity index (χ4n) is 1.63. The maximum atomic E-state index is 11.5. The lowest BCUT2D eigenvalue weighted by atomic mass is 9.99. The third-order valence-corrected chi connectivity index (χ3v) is 3.10. The van der Waals surface area contributed by atoms with Crippen LogP contribution in [0.15, 0.2) is 22.7 Å². The Morgan fingerprint density at radius 2 is 2.36 bits per heavy atom. The van der Waals surface area contributed by atoms with Gasteiger partial charge < -0.3 is 10.6 Å². The molecule has 3 nitrogen and oxygen atoms in total. The Balaban J connectivity index is 2.40. The van der Waals surface area contributed by atoms with Crippen molar-refractivity contribution in [3.63, 3.8) is 0 Å². The van der Waals surface area contributed by atoms with E-state index in [0.717, 1.165) is 16.6 Å². The number of likely N-dealkylation sites (N-methyl/N-ethyl adjacent to an activating group) is 1. The van der Waals surface area contributed by atoms with E-state index in [9.17, 15) is 4.79 Å². The molecule has 1 aromatic carbocycles. The number of halogens is 1. The van der Waals surface area contributed by atoms with Crippen molar-refractivity contribution in [3.05, 3.63) is 28.2 Å². The number of amides is 1. The summed E-state index contributed by atoms with van der Waals surface area (Å²) in [5, 5.41) is 5.87. The normalized spacial score (nSPS) is 20.1. The topological polar surface area (TPSA) is 41.1 Å². The Labute approximate surface area is 91.0 Å². The van der Waals surface area contributed by atoms with E-state index in [4.69, 9.17) is 0 Å². The van der Waals surface area contributed by atoms with E-state index in [1.165, 1.54) is 5.56 Å². The predicted octanol–water partition coefficient (Wildman–Crippen LogP) is 1.53. The molecule has 2 N–H and O–H groups in total. The number of para-hydroxylation sites is 1. The van der Waals surface area contributed by atoms with Crippen molar-refractivity contribution in [2.24, 2.45) is 0 Å². The lowest BCUT2D eigenvalue weighted by molar-refractivity contribution is -0.118. The summed E-state index contributed by atoms with van der Waals surface area (Å²) in [5.41, 5.74) is 2.07. The van der Waals surface area contributed by atoms with Crippen LogP contribution < -0.4 is 10.6 Å². The smallest absolute Gasteiger partial charge is 0.241 e. The van der Waals surface area contributed by atoms with Gasteiger partial charge in [0.2, 0.25) is 5.91 Å². The predicted molar refractivity (Wildman–Crippen MR) is 59.3 cm³/mol. The van der Waals surface area contributed by atoms with Crippen LogP contribution in [0.2, 0.25) is 0 Å². The van der Waals surface area contributed by atoms with Gasteiger partial charge in [0.1, 0.15) is 0 Å². The minimum Gasteiger partial charge on any atom is -0.323 e. The third-order valence-electron chi connectivity index (χ3n) is 2.44. The molecule has 0 saturated carbocycles. The summed E-state index contributed by atoms with van der Waals surface area (Å²) >= 11 is 3.42. The van der Waals surface area contributed by atoms with Crippen LogP contribution in [0.3, 0.4) is 0 Å². The SMILES string of the molecule is CNC1Cc2cccc(Br)c2NC1=O. The average molecular weight is 255 g/mol. The van der Waals surface area contributed by atoms with Crippen molar-refractivity contribution in [1.82, 2.24) is 5.32 Å². The monoisotopic (exact) mass is 254 g/mol. The summed E-state index contributed by atoms with van der Waals surface area (Å²) in [6, 6.07) is 5.83. The van der Waals surface area contributed by atoms with Crippen molar-refractivity contribution in [1.29, 1.82) is 0 Å². The van der Waals surface area contributed by atoms with Crippen LogP contribution in [0.1, 0.15) is 5.56 Å². The highest BCUT2D eigenvalue weighted by molar-refractivity contribution is 9.10. The van der Waals surface area contributed by atoms with E-state index in [1.54, 1.807) is 7.05 Å². The summed E-state index contributed by atoms with van der Waals surface area (Å²) in [6.07, 6.45) is 0.747. The standard InChI is InChI=1S/C10H11BrN2O/c1-12-8-5-6-3-2-4-7(11)9(6)13-10(8)14/h2-4,8,12H,5H2,1H3,(H,13,14). The van der Waals surface area contributed by atoms with Gasteiger partial charge in [-0.15, -0.1) is 0 Å². The van der Waals surface area contributed by atoms with Gasteiger partial charge in [0.05, 0.1) is 11.7 Å². The molecule has 14 heavy (non-hydrogen) atoms. The van der Waals surface area contributed by atoms with Crippen LogP contribution in [0.5, 0.6) is 0 Å². The first-order chi connectivity index (χ1) is 6.72. The van der Waals surface area contributed by atoms with Crippen molar-refractivity contribution < 1.29 is 4.79 Å². The van der Waals surface area contributed by atoms with Crippen LogP contribution in [-0.4, -0.2) is 19.0 Å². The van der Waals surface area contributed by atoms with Crippen LogP contribution in [0.4, 0.5) is 5.69 Å². The molecule has 4 heteroatoms. The van der Waals surface area contributed by atoms with Crippen molar-refractivity contribution in [2.45, 2.75) is 12.5 Å². The van der Waals surface area contributed by atoms with E-state index >= 15 is 0 Å². The minimum absolute atomic E-state index is 0.0342. The molecule has 74 valence electrons. The summed E-state index contributed by atoms with van der Waals surface area (Å²) in [6.45, 7) is 0. The first kappa shape index (κ1) is 9.68. The molecule has 0 bridgehead atoms. The zero-order valence-electron chi connectivity index (χ0n) is 7.80. The molecule has 0 saturated heterocycles. The third kappa shape index (κ3) is 1.55. The molecular weight excluding hydrogens is 244 g/mol. The average Bonchev–Trinajstić information content (AvgIpc) is 2.19. The fraction of sp³-hybridized carbons (Fsp3) is 0.300. The van der Waals surface area contributed by atoms with Crippen LogP contribution >= 0.6 is 15.9 Å². The molecule has 0 fully saturated rings. The fourth-order valence-corrected chi connectivity index (χ4v) is 2.14. The Hall–Kier alpha value is -0.870. The zero-order chi connectivity index (χ0) is 10.1. The second-order valence-corrected chi connectivity index (χ2v) is 4.16. The van der Waals surface area contributed by atoms with Crippen molar-refractivity contribution in [2.75, 3.05) is 12.4 Å². The lowest BCUT2D eigenvalue weighted by Crippen LogP contribution is -2.43. The minimum atomic E-state index is -0.114. The summed E-state index contributed by atoms with van der Waals surface area (Å²) < 4.78 is 0.943.